The smallest absolute Gasteiger partial charge is 0.222 e. The molecule has 1 aliphatic rings. The Hall–Kier alpha value is -2.17. The number of aromatic nitrogens is 3. The molecular weight excluding hydrogens is 469 g/mol. The van der Waals surface area contributed by atoms with E-state index in [-0.39, 0.29) is 29.9 Å². The highest BCUT2D eigenvalue weighted by molar-refractivity contribution is 14.0. The number of carbonyl (C=O) groups is 1. The molecule has 0 unspecified atom stereocenters. The van der Waals surface area contributed by atoms with Gasteiger partial charge in [0.2, 0.25) is 5.91 Å². The van der Waals surface area contributed by atoms with Gasteiger partial charge < -0.3 is 15.5 Å². The van der Waals surface area contributed by atoms with Gasteiger partial charge in [0.05, 0.1) is 6.54 Å². The average Bonchev–Trinajstić information content (AvgIpc) is 3.36. The van der Waals surface area contributed by atoms with Crippen LogP contribution < -0.4 is 10.6 Å². The molecule has 2 N–H and O–H groups in total. The number of nitrogens with zero attached hydrogens (tertiary/aromatic N) is 5. The first-order valence-corrected chi connectivity index (χ1v) is 9.49. The van der Waals surface area contributed by atoms with Gasteiger partial charge in [0.25, 0.3) is 0 Å². The normalized spacial score (nSPS) is 14.1. The Kier molecular flexibility index (Phi) is 9.18. The predicted octanol–water partition coefficient (Wildman–Crippen LogP) is 1.95. The number of hydrogen-bond acceptors (Lipinski definition) is 4. The summed E-state index contributed by atoms with van der Waals surface area (Å²) in [6.45, 7) is 5.89. The van der Waals surface area contributed by atoms with Crippen LogP contribution in [0.3, 0.4) is 0 Å². The fraction of sp³-hybridized carbons (Fsp3) is 0.474. The van der Waals surface area contributed by atoms with Crippen LogP contribution >= 0.6 is 24.0 Å². The second-order valence-corrected chi connectivity index (χ2v) is 6.45. The molecule has 8 nitrogen and oxygen atoms in total. The molecular formula is C19H28IN7O. The fourth-order valence-corrected chi connectivity index (χ4v) is 2.99. The second kappa shape index (κ2) is 11.6. The van der Waals surface area contributed by atoms with Crippen LogP contribution in [0, 0.1) is 0 Å². The molecule has 0 spiro atoms. The molecule has 0 bridgehead atoms. The summed E-state index contributed by atoms with van der Waals surface area (Å²) in [4.78, 5) is 26.7. The highest BCUT2D eigenvalue weighted by atomic mass is 127. The Balaban J connectivity index is 0.00000280. The van der Waals surface area contributed by atoms with Gasteiger partial charge in [0.15, 0.2) is 5.96 Å². The number of rotatable bonds is 8. The monoisotopic (exact) mass is 497 g/mol. The summed E-state index contributed by atoms with van der Waals surface area (Å²) in [6.07, 6.45) is 9.76. The maximum Gasteiger partial charge on any atom is 0.222 e. The van der Waals surface area contributed by atoms with E-state index >= 15 is 0 Å². The summed E-state index contributed by atoms with van der Waals surface area (Å²) in [7, 11) is 0. The summed E-state index contributed by atoms with van der Waals surface area (Å²) in [5.41, 5.74) is 1.04. The van der Waals surface area contributed by atoms with Crippen molar-refractivity contribution in [1.29, 1.82) is 0 Å². The van der Waals surface area contributed by atoms with Gasteiger partial charge in [0.1, 0.15) is 12.1 Å². The number of nitrogens with one attached hydrogen (secondary N) is 2. The molecule has 0 radical (unpaired) electrons. The van der Waals surface area contributed by atoms with E-state index in [9.17, 15) is 4.79 Å². The Labute approximate surface area is 182 Å². The SMILES string of the molecule is CCNC(=NCc1ccc(-n2ccnc2)nc1)NCCCN1CCCC1=O.I. The molecule has 3 rings (SSSR count). The second-order valence-electron chi connectivity index (χ2n) is 6.45. The molecule has 9 heteroatoms. The minimum absolute atomic E-state index is 0. The van der Waals surface area contributed by atoms with Crippen molar-refractivity contribution >= 4 is 35.8 Å². The largest absolute Gasteiger partial charge is 0.357 e. The molecule has 1 amide bonds. The van der Waals surface area contributed by atoms with Gasteiger partial charge in [-0.25, -0.2) is 15.0 Å². The third-order valence-corrected chi connectivity index (χ3v) is 4.41. The maximum absolute atomic E-state index is 11.6. The zero-order chi connectivity index (χ0) is 18.9. The van der Waals surface area contributed by atoms with E-state index in [2.05, 4.69) is 25.6 Å². The third kappa shape index (κ3) is 6.47. The van der Waals surface area contributed by atoms with Gasteiger partial charge in [-0.2, -0.15) is 0 Å². The van der Waals surface area contributed by atoms with Gasteiger partial charge in [-0.15, -0.1) is 24.0 Å². The van der Waals surface area contributed by atoms with Crippen molar-refractivity contribution in [3.05, 3.63) is 42.6 Å². The van der Waals surface area contributed by atoms with Crippen LogP contribution in [-0.4, -0.2) is 57.5 Å². The number of likely N-dealkylation sites (tertiary alicyclic amines) is 1. The van der Waals surface area contributed by atoms with Crippen molar-refractivity contribution in [3.8, 4) is 5.82 Å². The summed E-state index contributed by atoms with van der Waals surface area (Å²) in [6, 6.07) is 3.98. The number of hydrogen-bond donors (Lipinski definition) is 2. The predicted molar refractivity (Wildman–Crippen MR) is 120 cm³/mol. The van der Waals surface area contributed by atoms with E-state index < -0.39 is 0 Å². The van der Waals surface area contributed by atoms with Gasteiger partial charge in [-0.05, 0) is 31.4 Å². The Bertz CT molecular complexity index is 746. The van der Waals surface area contributed by atoms with Crippen LogP contribution in [0.25, 0.3) is 5.82 Å². The van der Waals surface area contributed by atoms with E-state index in [1.54, 1.807) is 12.5 Å². The minimum atomic E-state index is 0. The van der Waals surface area contributed by atoms with Crippen LogP contribution in [0.1, 0.15) is 31.7 Å². The molecule has 152 valence electrons. The standard InChI is InChI=1S/C19H27N7O.HI/c1-2-21-19(22-8-4-11-25-10-3-5-18(25)27)24-14-16-6-7-17(23-13-16)26-12-9-20-15-26;/h6-7,9,12-13,15H,2-5,8,10-11,14H2,1H3,(H2,21,22,24);1H. The number of amides is 1. The van der Waals surface area contributed by atoms with Crippen LogP contribution in [0.5, 0.6) is 0 Å². The lowest BCUT2D eigenvalue weighted by Gasteiger charge is -2.16. The summed E-state index contributed by atoms with van der Waals surface area (Å²) >= 11 is 0. The van der Waals surface area contributed by atoms with Gasteiger partial charge in [0, 0.05) is 51.2 Å². The topological polar surface area (TPSA) is 87.4 Å². The van der Waals surface area contributed by atoms with E-state index in [4.69, 9.17) is 0 Å². The zero-order valence-corrected chi connectivity index (χ0v) is 18.5. The molecule has 0 saturated carbocycles. The molecule has 0 aliphatic carbocycles. The Morgan fingerprint density at radius 3 is 2.86 bits per heavy atom. The number of aliphatic imine (C=N–C) groups is 1. The summed E-state index contributed by atoms with van der Waals surface area (Å²) < 4.78 is 1.86. The van der Waals surface area contributed by atoms with Crippen molar-refractivity contribution in [2.24, 2.45) is 4.99 Å². The van der Waals surface area contributed by atoms with E-state index in [1.165, 1.54) is 0 Å². The molecule has 0 aromatic carbocycles. The number of guanidine groups is 1. The number of imidazole rings is 1. The van der Waals surface area contributed by atoms with E-state index in [0.717, 1.165) is 56.4 Å². The highest BCUT2D eigenvalue weighted by Gasteiger charge is 2.18. The lowest BCUT2D eigenvalue weighted by molar-refractivity contribution is -0.127. The molecule has 0 atom stereocenters. The number of pyridine rings is 1. The van der Waals surface area contributed by atoms with Crippen LogP contribution in [0.4, 0.5) is 0 Å². The molecule has 2 aromatic heterocycles. The van der Waals surface area contributed by atoms with Crippen LogP contribution in [0.2, 0.25) is 0 Å². The first kappa shape index (κ1) is 22.1. The van der Waals surface area contributed by atoms with Crippen molar-refractivity contribution in [2.45, 2.75) is 32.7 Å². The summed E-state index contributed by atoms with van der Waals surface area (Å²) in [5.74, 6) is 1.90. The van der Waals surface area contributed by atoms with Crippen molar-refractivity contribution in [2.75, 3.05) is 26.2 Å². The van der Waals surface area contributed by atoms with Crippen molar-refractivity contribution in [3.63, 3.8) is 0 Å². The zero-order valence-electron chi connectivity index (χ0n) is 16.2. The minimum Gasteiger partial charge on any atom is -0.357 e. The Morgan fingerprint density at radius 2 is 2.21 bits per heavy atom. The number of halogens is 1. The lowest BCUT2D eigenvalue weighted by Crippen LogP contribution is -2.39. The maximum atomic E-state index is 11.6. The first-order chi connectivity index (χ1) is 13.3. The lowest BCUT2D eigenvalue weighted by atomic mass is 10.3. The van der Waals surface area contributed by atoms with E-state index in [0.29, 0.717) is 13.0 Å². The number of carbonyl (C=O) groups excluding carboxylic acids is 1. The van der Waals surface area contributed by atoms with Crippen LogP contribution in [-0.2, 0) is 11.3 Å². The van der Waals surface area contributed by atoms with Crippen molar-refractivity contribution < 1.29 is 4.79 Å². The third-order valence-electron chi connectivity index (χ3n) is 4.41. The van der Waals surface area contributed by atoms with Crippen LogP contribution in [0.15, 0.2) is 42.0 Å². The van der Waals surface area contributed by atoms with E-state index in [1.807, 2.05) is 40.9 Å². The molecule has 2 aromatic rings. The molecule has 1 saturated heterocycles. The van der Waals surface area contributed by atoms with Crippen molar-refractivity contribution in [1.82, 2.24) is 30.1 Å². The molecule has 1 aliphatic heterocycles. The Morgan fingerprint density at radius 1 is 1.32 bits per heavy atom. The highest BCUT2D eigenvalue weighted by Crippen LogP contribution is 2.09. The van der Waals surface area contributed by atoms with Gasteiger partial charge in [-0.3, -0.25) is 9.36 Å². The molecule has 28 heavy (non-hydrogen) atoms. The molecule has 1 fully saturated rings. The van der Waals surface area contributed by atoms with Gasteiger partial charge >= 0.3 is 0 Å². The first-order valence-electron chi connectivity index (χ1n) is 9.49. The quantitative estimate of drug-likeness (QED) is 0.252. The fourth-order valence-electron chi connectivity index (χ4n) is 2.99. The molecule has 3 heterocycles. The summed E-state index contributed by atoms with van der Waals surface area (Å²) in [5, 5.41) is 6.58. The van der Waals surface area contributed by atoms with Gasteiger partial charge in [-0.1, -0.05) is 6.07 Å². The average molecular weight is 497 g/mol.